The summed E-state index contributed by atoms with van der Waals surface area (Å²) in [5.74, 6) is 1.99. The Hall–Kier alpha value is -1.67. The second-order valence-corrected chi connectivity index (χ2v) is 6.02. The van der Waals surface area contributed by atoms with Gasteiger partial charge in [-0.2, -0.15) is 0 Å². The number of nitrogens with two attached hydrogens (primary N) is 1. The first-order chi connectivity index (χ1) is 9.91. The zero-order valence-corrected chi connectivity index (χ0v) is 13.2. The number of hydrogen-bond acceptors (Lipinski definition) is 6. The fourth-order valence-electron chi connectivity index (χ4n) is 1.74. The number of ether oxygens (including phenoxy) is 4. The first kappa shape index (κ1) is 17.4. The lowest BCUT2D eigenvalue weighted by molar-refractivity contribution is 0.294. The number of primary sulfonamides is 1. The molecule has 0 amide bonds. The molecule has 0 fully saturated rings. The standard InChI is InChI=1S/C13H21NO6S/c1-17-11-8-10(9-12(18-2)13(11)19-3)20-6-4-5-7-21(14,15)16/h8-9H,4-7H2,1-3H3,(H2,14,15,16). The highest BCUT2D eigenvalue weighted by Gasteiger charge is 2.13. The molecule has 0 heterocycles. The molecule has 2 N–H and O–H groups in total. The molecular formula is C13H21NO6S. The van der Waals surface area contributed by atoms with Crippen LogP contribution in [0.3, 0.4) is 0 Å². The summed E-state index contributed by atoms with van der Waals surface area (Å²) in [6, 6.07) is 3.36. The van der Waals surface area contributed by atoms with Gasteiger partial charge in [0.05, 0.1) is 33.7 Å². The van der Waals surface area contributed by atoms with E-state index in [-0.39, 0.29) is 5.75 Å². The van der Waals surface area contributed by atoms with E-state index >= 15 is 0 Å². The molecule has 21 heavy (non-hydrogen) atoms. The van der Waals surface area contributed by atoms with Gasteiger partial charge in [0, 0.05) is 12.1 Å². The van der Waals surface area contributed by atoms with Gasteiger partial charge in [-0.05, 0) is 12.8 Å². The van der Waals surface area contributed by atoms with Crippen molar-refractivity contribution in [1.29, 1.82) is 0 Å². The highest BCUT2D eigenvalue weighted by atomic mass is 32.2. The van der Waals surface area contributed by atoms with Crippen molar-refractivity contribution in [3.05, 3.63) is 12.1 Å². The van der Waals surface area contributed by atoms with Gasteiger partial charge >= 0.3 is 0 Å². The van der Waals surface area contributed by atoms with Crippen LogP contribution in [0.4, 0.5) is 0 Å². The van der Waals surface area contributed by atoms with E-state index in [0.29, 0.717) is 42.4 Å². The summed E-state index contributed by atoms with van der Waals surface area (Å²) in [5.41, 5.74) is 0. The highest BCUT2D eigenvalue weighted by molar-refractivity contribution is 7.89. The largest absolute Gasteiger partial charge is 0.493 e. The molecule has 1 rings (SSSR count). The summed E-state index contributed by atoms with van der Waals surface area (Å²) in [6.45, 7) is 0.369. The minimum absolute atomic E-state index is 0.0500. The van der Waals surface area contributed by atoms with Gasteiger partial charge in [-0.15, -0.1) is 0 Å². The Bertz CT molecular complexity index is 533. The second-order valence-electron chi connectivity index (χ2n) is 4.28. The Morgan fingerprint density at radius 1 is 1.00 bits per heavy atom. The van der Waals surface area contributed by atoms with E-state index in [1.807, 2.05) is 0 Å². The van der Waals surface area contributed by atoms with E-state index in [1.54, 1.807) is 12.1 Å². The maximum atomic E-state index is 10.8. The van der Waals surface area contributed by atoms with Crippen LogP contribution < -0.4 is 24.1 Å². The molecule has 7 nitrogen and oxygen atoms in total. The van der Waals surface area contributed by atoms with Crippen molar-refractivity contribution in [2.75, 3.05) is 33.7 Å². The number of benzene rings is 1. The van der Waals surface area contributed by atoms with Crippen molar-refractivity contribution in [1.82, 2.24) is 0 Å². The van der Waals surface area contributed by atoms with Crippen molar-refractivity contribution in [3.8, 4) is 23.0 Å². The van der Waals surface area contributed by atoms with Crippen LogP contribution in [-0.4, -0.2) is 42.1 Å². The van der Waals surface area contributed by atoms with Gasteiger partial charge in [-0.3, -0.25) is 0 Å². The number of methoxy groups -OCH3 is 3. The van der Waals surface area contributed by atoms with Crippen LogP contribution in [-0.2, 0) is 10.0 Å². The quantitative estimate of drug-likeness (QED) is 0.686. The summed E-state index contributed by atoms with van der Waals surface area (Å²) in [5, 5.41) is 4.92. The lowest BCUT2D eigenvalue weighted by atomic mass is 10.2. The third-order valence-corrected chi connectivity index (χ3v) is 3.59. The monoisotopic (exact) mass is 319 g/mol. The summed E-state index contributed by atoms with van der Waals surface area (Å²) < 4.78 is 42.8. The molecule has 0 saturated carbocycles. The second kappa shape index (κ2) is 7.94. The minimum Gasteiger partial charge on any atom is -0.493 e. The van der Waals surface area contributed by atoms with E-state index in [0.717, 1.165) is 0 Å². The normalized spacial score (nSPS) is 11.0. The SMILES string of the molecule is COc1cc(OCCCCS(N)(=O)=O)cc(OC)c1OC. The zero-order chi connectivity index (χ0) is 15.9. The van der Waals surface area contributed by atoms with Crippen LogP contribution in [0, 0.1) is 0 Å². The summed E-state index contributed by atoms with van der Waals surface area (Å²) in [4.78, 5) is 0. The van der Waals surface area contributed by atoms with Gasteiger partial charge in [0.2, 0.25) is 15.8 Å². The van der Waals surface area contributed by atoms with E-state index in [4.69, 9.17) is 24.1 Å². The van der Waals surface area contributed by atoms with E-state index < -0.39 is 10.0 Å². The fourth-order valence-corrected chi connectivity index (χ4v) is 2.34. The third kappa shape index (κ3) is 5.68. The van der Waals surface area contributed by atoms with Gasteiger partial charge in [-0.1, -0.05) is 0 Å². The smallest absolute Gasteiger partial charge is 0.209 e. The maximum absolute atomic E-state index is 10.8. The Morgan fingerprint density at radius 2 is 1.57 bits per heavy atom. The van der Waals surface area contributed by atoms with Crippen molar-refractivity contribution in [2.45, 2.75) is 12.8 Å². The Kier molecular flexibility index (Phi) is 6.57. The predicted molar refractivity (Wildman–Crippen MR) is 78.8 cm³/mol. The van der Waals surface area contributed by atoms with Crippen molar-refractivity contribution in [3.63, 3.8) is 0 Å². The van der Waals surface area contributed by atoms with Crippen molar-refractivity contribution >= 4 is 10.0 Å². The molecule has 1 aromatic carbocycles. The van der Waals surface area contributed by atoms with Crippen LogP contribution in [0.5, 0.6) is 23.0 Å². The van der Waals surface area contributed by atoms with Gasteiger partial charge in [0.15, 0.2) is 11.5 Å². The molecule has 0 aliphatic heterocycles. The fraction of sp³-hybridized carbons (Fsp3) is 0.538. The number of rotatable bonds is 9. The topological polar surface area (TPSA) is 97.1 Å². The van der Waals surface area contributed by atoms with Crippen molar-refractivity contribution in [2.24, 2.45) is 5.14 Å². The molecule has 0 atom stereocenters. The molecule has 0 saturated heterocycles. The average Bonchev–Trinajstić information content (AvgIpc) is 2.44. The Morgan fingerprint density at radius 3 is 2.00 bits per heavy atom. The molecule has 0 unspecified atom stereocenters. The summed E-state index contributed by atoms with van der Waals surface area (Å²) in [7, 11) is 1.15. The molecule has 0 aliphatic carbocycles. The summed E-state index contributed by atoms with van der Waals surface area (Å²) in [6.07, 6.45) is 1.02. The minimum atomic E-state index is -3.41. The molecular weight excluding hydrogens is 298 g/mol. The molecule has 8 heteroatoms. The van der Waals surface area contributed by atoms with Crippen LogP contribution in [0.15, 0.2) is 12.1 Å². The van der Waals surface area contributed by atoms with Crippen LogP contribution in [0.2, 0.25) is 0 Å². The first-order valence-electron chi connectivity index (χ1n) is 6.34. The van der Waals surface area contributed by atoms with Crippen LogP contribution >= 0.6 is 0 Å². The lowest BCUT2D eigenvalue weighted by Crippen LogP contribution is -2.16. The third-order valence-electron chi connectivity index (χ3n) is 2.73. The number of hydrogen-bond donors (Lipinski definition) is 1. The van der Waals surface area contributed by atoms with Crippen LogP contribution in [0.25, 0.3) is 0 Å². The van der Waals surface area contributed by atoms with Gasteiger partial charge < -0.3 is 18.9 Å². The van der Waals surface area contributed by atoms with Crippen molar-refractivity contribution < 1.29 is 27.4 Å². The molecule has 0 bridgehead atoms. The van der Waals surface area contributed by atoms with E-state index in [2.05, 4.69) is 0 Å². The zero-order valence-electron chi connectivity index (χ0n) is 12.4. The number of unbranched alkanes of at least 4 members (excludes halogenated alkanes) is 1. The predicted octanol–water partition coefficient (Wildman–Crippen LogP) is 1.16. The highest BCUT2D eigenvalue weighted by Crippen LogP contribution is 2.40. The lowest BCUT2D eigenvalue weighted by Gasteiger charge is -2.14. The molecule has 0 spiro atoms. The van der Waals surface area contributed by atoms with Gasteiger partial charge in [0.1, 0.15) is 5.75 Å². The van der Waals surface area contributed by atoms with Gasteiger partial charge in [-0.25, -0.2) is 13.6 Å². The summed E-state index contributed by atoms with van der Waals surface area (Å²) >= 11 is 0. The molecule has 0 aromatic heterocycles. The molecule has 120 valence electrons. The Labute approximate surface area is 125 Å². The van der Waals surface area contributed by atoms with Crippen LogP contribution in [0.1, 0.15) is 12.8 Å². The number of sulfonamides is 1. The van der Waals surface area contributed by atoms with E-state index in [1.165, 1.54) is 21.3 Å². The molecule has 0 aliphatic rings. The first-order valence-corrected chi connectivity index (χ1v) is 8.06. The van der Waals surface area contributed by atoms with E-state index in [9.17, 15) is 8.42 Å². The average molecular weight is 319 g/mol. The molecule has 1 aromatic rings. The molecule has 0 radical (unpaired) electrons. The van der Waals surface area contributed by atoms with Gasteiger partial charge in [0.25, 0.3) is 0 Å². The maximum Gasteiger partial charge on any atom is 0.209 e. The Balaban J connectivity index is 2.63.